The summed E-state index contributed by atoms with van der Waals surface area (Å²) in [5, 5.41) is 0. The summed E-state index contributed by atoms with van der Waals surface area (Å²) >= 11 is 0. The Kier molecular flexibility index (Phi) is 4.32. The SMILES string of the molecule is O=C1C(=Cc2ccc(N3CCOCC3)nc2)CCc2cc(F)ccc21. The Morgan fingerprint density at radius 1 is 1.12 bits per heavy atom. The summed E-state index contributed by atoms with van der Waals surface area (Å²) in [5.74, 6) is 0.627. The molecule has 1 fully saturated rings. The highest BCUT2D eigenvalue weighted by atomic mass is 19.1. The van der Waals surface area contributed by atoms with Gasteiger partial charge >= 0.3 is 0 Å². The molecule has 2 aromatic rings. The van der Waals surface area contributed by atoms with Crippen LogP contribution in [-0.2, 0) is 11.2 Å². The number of hydrogen-bond donors (Lipinski definition) is 0. The van der Waals surface area contributed by atoms with Gasteiger partial charge in [-0.25, -0.2) is 9.37 Å². The van der Waals surface area contributed by atoms with E-state index in [0.717, 1.165) is 48.8 Å². The zero-order valence-corrected chi connectivity index (χ0v) is 13.9. The molecule has 4 rings (SSSR count). The Morgan fingerprint density at radius 2 is 1.96 bits per heavy atom. The number of pyridine rings is 1. The van der Waals surface area contributed by atoms with E-state index in [0.29, 0.717) is 18.4 Å². The molecule has 0 radical (unpaired) electrons. The summed E-state index contributed by atoms with van der Waals surface area (Å²) in [4.78, 5) is 19.3. The van der Waals surface area contributed by atoms with Gasteiger partial charge in [-0.2, -0.15) is 0 Å². The van der Waals surface area contributed by atoms with Crippen LogP contribution in [-0.4, -0.2) is 37.1 Å². The van der Waals surface area contributed by atoms with Crippen LogP contribution in [0.2, 0.25) is 0 Å². The minimum absolute atomic E-state index is 0.0153. The van der Waals surface area contributed by atoms with E-state index in [1.54, 1.807) is 12.3 Å². The molecule has 1 aromatic carbocycles. The van der Waals surface area contributed by atoms with Crippen molar-refractivity contribution in [3.05, 3.63) is 64.6 Å². The zero-order chi connectivity index (χ0) is 17.2. The van der Waals surface area contributed by atoms with E-state index in [-0.39, 0.29) is 11.6 Å². The van der Waals surface area contributed by atoms with Crippen LogP contribution in [0.1, 0.15) is 27.9 Å². The Bertz CT molecular complexity index is 824. The molecular formula is C20H19FN2O2. The smallest absolute Gasteiger partial charge is 0.189 e. The van der Waals surface area contributed by atoms with Crippen LogP contribution in [0.25, 0.3) is 6.08 Å². The molecule has 128 valence electrons. The van der Waals surface area contributed by atoms with Gasteiger partial charge in [0.2, 0.25) is 0 Å². The first kappa shape index (κ1) is 16.0. The highest BCUT2D eigenvalue weighted by Gasteiger charge is 2.22. The van der Waals surface area contributed by atoms with Crippen molar-refractivity contribution in [2.24, 2.45) is 0 Å². The maximum absolute atomic E-state index is 13.3. The fourth-order valence-corrected chi connectivity index (χ4v) is 3.35. The standard InChI is InChI=1S/C20H19FN2O2/c21-17-4-5-18-15(12-17)2-3-16(20(18)24)11-14-1-6-19(22-13-14)23-7-9-25-10-8-23/h1,4-6,11-13H,2-3,7-10H2. The third-order valence-electron chi connectivity index (χ3n) is 4.71. The number of allylic oxidation sites excluding steroid dienone is 1. The number of hydrogen-bond acceptors (Lipinski definition) is 4. The number of rotatable bonds is 2. The van der Waals surface area contributed by atoms with Crippen molar-refractivity contribution in [1.82, 2.24) is 4.98 Å². The van der Waals surface area contributed by atoms with E-state index >= 15 is 0 Å². The highest BCUT2D eigenvalue weighted by molar-refractivity contribution is 6.13. The predicted octanol–water partition coefficient (Wildman–Crippen LogP) is 3.27. The maximum Gasteiger partial charge on any atom is 0.189 e. The van der Waals surface area contributed by atoms with Gasteiger partial charge in [0.05, 0.1) is 13.2 Å². The number of aryl methyl sites for hydroxylation is 1. The lowest BCUT2D eigenvalue weighted by molar-refractivity contribution is 0.102. The first-order chi connectivity index (χ1) is 12.2. The number of morpholine rings is 1. The second-order valence-electron chi connectivity index (χ2n) is 6.35. The molecule has 1 aliphatic carbocycles. The Balaban J connectivity index is 1.54. The molecule has 0 bridgehead atoms. The monoisotopic (exact) mass is 338 g/mol. The first-order valence-corrected chi connectivity index (χ1v) is 8.53. The fraction of sp³-hybridized carbons (Fsp3) is 0.300. The van der Waals surface area contributed by atoms with E-state index in [1.807, 2.05) is 18.2 Å². The van der Waals surface area contributed by atoms with Gasteiger partial charge in [0.1, 0.15) is 11.6 Å². The van der Waals surface area contributed by atoms with E-state index in [1.165, 1.54) is 12.1 Å². The third kappa shape index (κ3) is 3.33. The minimum atomic E-state index is -0.290. The second-order valence-corrected chi connectivity index (χ2v) is 6.35. The molecular weight excluding hydrogens is 319 g/mol. The number of nitrogens with zero attached hydrogens (tertiary/aromatic N) is 2. The molecule has 4 nitrogen and oxygen atoms in total. The molecule has 5 heteroatoms. The number of benzene rings is 1. The average molecular weight is 338 g/mol. The molecule has 0 unspecified atom stereocenters. The summed E-state index contributed by atoms with van der Waals surface area (Å²) in [5.41, 5.74) is 3.06. The quantitative estimate of drug-likeness (QED) is 0.788. The van der Waals surface area contributed by atoms with Gasteiger partial charge < -0.3 is 9.64 Å². The van der Waals surface area contributed by atoms with Gasteiger partial charge in [-0.1, -0.05) is 0 Å². The molecule has 0 amide bonds. The second kappa shape index (κ2) is 6.76. The number of ketones is 1. The summed E-state index contributed by atoms with van der Waals surface area (Å²) in [6.07, 6.45) is 5.00. The van der Waals surface area contributed by atoms with E-state index in [4.69, 9.17) is 4.74 Å². The number of ether oxygens (including phenoxy) is 1. The van der Waals surface area contributed by atoms with Crippen LogP contribution < -0.4 is 4.90 Å². The fourth-order valence-electron chi connectivity index (χ4n) is 3.35. The van der Waals surface area contributed by atoms with Crippen molar-refractivity contribution in [2.45, 2.75) is 12.8 Å². The van der Waals surface area contributed by atoms with E-state index < -0.39 is 0 Å². The number of fused-ring (bicyclic) bond motifs is 1. The lowest BCUT2D eigenvalue weighted by Gasteiger charge is -2.27. The molecule has 1 aromatic heterocycles. The number of aromatic nitrogens is 1. The maximum atomic E-state index is 13.3. The normalized spacial score (nSPS) is 19.2. The molecule has 0 saturated carbocycles. The summed E-state index contributed by atoms with van der Waals surface area (Å²) < 4.78 is 18.7. The van der Waals surface area contributed by atoms with Crippen molar-refractivity contribution < 1.29 is 13.9 Å². The summed E-state index contributed by atoms with van der Waals surface area (Å²) in [7, 11) is 0. The molecule has 0 N–H and O–H groups in total. The minimum Gasteiger partial charge on any atom is -0.378 e. The Labute approximate surface area is 145 Å². The van der Waals surface area contributed by atoms with Crippen LogP contribution in [0.5, 0.6) is 0 Å². The van der Waals surface area contributed by atoms with Gasteiger partial charge in [-0.05, 0) is 60.4 Å². The van der Waals surface area contributed by atoms with Crippen molar-refractivity contribution in [1.29, 1.82) is 0 Å². The number of carbonyl (C=O) groups is 1. The summed E-state index contributed by atoms with van der Waals surface area (Å²) in [6.45, 7) is 3.14. The number of anilines is 1. The molecule has 1 saturated heterocycles. The van der Waals surface area contributed by atoms with Crippen LogP contribution >= 0.6 is 0 Å². The van der Waals surface area contributed by atoms with Crippen LogP contribution in [0, 0.1) is 5.82 Å². The van der Waals surface area contributed by atoms with Crippen LogP contribution in [0.3, 0.4) is 0 Å². The van der Waals surface area contributed by atoms with Crippen molar-refractivity contribution in [3.63, 3.8) is 0 Å². The van der Waals surface area contributed by atoms with Crippen molar-refractivity contribution >= 4 is 17.7 Å². The van der Waals surface area contributed by atoms with Gasteiger partial charge in [0, 0.05) is 30.4 Å². The zero-order valence-electron chi connectivity index (χ0n) is 13.9. The van der Waals surface area contributed by atoms with Crippen LogP contribution in [0.15, 0.2) is 42.1 Å². The molecule has 2 heterocycles. The van der Waals surface area contributed by atoms with Gasteiger partial charge in [-0.3, -0.25) is 4.79 Å². The van der Waals surface area contributed by atoms with Crippen molar-refractivity contribution in [3.8, 4) is 0 Å². The van der Waals surface area contributed by atoms with Gasteiger partial charge in [0.15, 0.2) is 5.78 Å². The number of carbonyl (C=O) groups excluding carboxylic acids is 1. The lowest BCUT2D eigenvalue weighted by Crippen LogP contribution is -2.36. The Hall–Kier alpha value is -2.53. The molecule has 2 aliphatic rings. The Morgan fingerprint density at radius 3 is 2.72 bits per heavy atom. The topological polar surface area (TPSA) is 42.4 Å². The molecule has 25 heavy (non-hydrogen) atoms. The number of halogens is 1. The van der Waals surface area contributed by atoms with Crippen molar-refractivity contribution in [2.75, 3.05) is 31.2 Å². The van der Waals surface area contributed by atoms with E-state index in [9.17, 15) is 9.18 Å². The molecule has 0 spiro atoms. The largest absolute Gasteiger partial charge is 0.378 e. The van der Waals surface area contributed by atoms with E-state index in [2.05, 4.69) is 9.88 Å². The first-order valence-electron chi connectivity index (χ1n) is 8.53. The lowest BCUT2D eigenvalue weighted by atomic mass is 9.86. The third-order valence-corrected chi connectivity index (χ3v) is 4.71. The number of Topliss-reactive ketones (excluding diaryl/α,β-unsaturated/α-hetero) is 1. The summed E-state index contributed by atoms with van der Waals surface area (Å²) in [6, 6.07) is 8.35. The van der Waals surface area contributed by atoms with Crippen LogP contribution in [0.4, 0.5) is 10.2 Å². The molecule has 0 atom stereocenters. The highest BCUT2D eigenvalue weighted by Crippen LogP contribution is 2.27. The predicted molar refractivity (Wildman–Crippen MR) is 94.3 cm³/mol. The average Bonchev–Trinajstić information content (AvgIpc) is 2.65. The molecule has 1 aliphatic heterocycles. The van der Waals surface area contributed by atoms with Gasteiger partial charge in [0.25, 0.3) is 0 Å². The van der Waals surface area contributed by atoms with Gasteiger partial charge in [-0.15, -0.1) is 0 Å².